The van der Waals surface area contributed by atoms with Gasteiger partial charge in [-0.05, 0) is 63.3 Å². The molecule has 0 fully saturated rings. The number of imidazole rings is 1. The van der Waals surface area contributed by atoms with Crippen LogP contribution in [-0.4, -0.2) is 14.1 Å². The zero-order valence-electron chi connectivity index (χ0n) is 50.4. The molecule has 6 nitrogen and oxygen atoms in total. The minimum absolute atomic E-state index is 0.0303. The van der Waals surface area contributed by atoms with Gasteiger partial charge in [-0.25, -0.2) is 0 Å². The van der Waals surface area contributed by atoms with Crippen LogP contribution >= 0.6 is 0 Å². The molecule has 2 aromatic heterocycles. The molecule has 8 aromatic carbocycles. The number of para-hydroxylation sites is 4. The van der Waals surface area contributed by atoms with E-state index >= 15 is 0 Å². The van der Waals surface area contributed by atoms with Crippen molar-refractivity contribution in [2.24, 2.45) is 0 Å². The second kappa shape index (κ2) is 19.6. The van der Waals surface area contributed by atoms with Crippen LogP contribution in [0.25, 0.3) is 22.4 Å². The molecule has 10 aromatic rings. The Balaban J connectivity index is 1.09. The molecular formula is C75H77N5OPt. The third-order valence-electron chi connectivity index (χ3n) is 17.0. The number of pyridine rings is 1. The summed E-state index contributed by atoms with van der Waals surface area (Å²) in [5.74, 6) is 2.33. The second-order valence-electron chi connectivity index (χ2n) is 27.8. The van der Waals surface area contributed by atoms with Gasteiger partial charge in [0.05, 0.1) is 11.4 Å². The molecule has 0 saturated heterocycles. The molecule has 0 N–H and O–H groups in total. The second-order valence-corrected chi connectivity index (χ2v) is 28.9. The Morgan fingerprint density at radius 1 is 0.354 bits per heavy atom. The number of benzene rings is 8. The van der Waals surface area contributed by atoms with Crippen LogP contribution in [0, 0.1) is 3.80 Å². The van der Waals surface area contributed by atoms with Crippen molar-refractivity contribution in [1.29, 1.82) is 0 Å². The number of nitrogens with zero attached hydrogens (tertiary/aromatic N) is 5. The van der Waals surface area contributed by atoms with Crippen LogP contribution in [0.2, 0.25) is 0 Å². The van der Waals surface area contributed by atoms with Gasteiger partial charge in [-0.1, -0.05) is 123 Å². The Bertz CT molecular complexity index is 4100. The summed E-state index contributed by atoms with van der Waals surface area (Å²) in [6.45, 7) is 34.6. The SMILES string of the molecule is CC(C)(C)c1cc(-n2[c](=[Pt])n(-c3cccc(Oc4ccc5c(c4)N(c4cc(C(C)(C)C)ccn4)c4ccccc4C54c5cc(C(C)(C)C)ccc5N(c5ccccc5)c5ccc(C(C)(C)C)cc54)c3)c3ccccc32)cc(C(C)(C)C)c1. The van der Waals surface area contributed by atoms with Gasteiger partial charge in [-0.3, -0.25) is 0 Å². The average molecular weight is 1260 g/mol. The quantitative estimate of drug-likeness (QED) is 0.166. The molecule has 1 spiro atoms. The van der Waals surface area contributed by atoms with E-state index in [0.29, 0.717) is 0 Å². The number of hydrogen-bond acceptors (Lipinski definition) is 4. The zero-order chi connectivity index (χ0) is 58.1. The molecule has 0 atom stereocenters. The summed E-state index contributed by atoms with van der Waals surface area (Å²) in [7, 11) is 0. The van der Waals surface area contributed by atoms with Gasteiger partial charge in [0.15, 0.2) is 0 Å². The number of hydrogen-bond donors (Lipinski definition) is 0. The van der Waals surface area contributed by atoms with E-state index in [1.807, 2.05) is 6.20 Å². The summed E-state index contributed by atoms with van der Waals surface area (Å²) in [6, 6.07) is 70.2. The van der Waals surface area contributed by atoms with Crippen LogP contribution in [0.15, 0.2) is 194 Å². The summed E-state index contributed by atoms with van der Waals surface area (Å²) < 4.78 is 13.1. The van der Waals surface area contributed by atoms with Crippen LogP contribution in [0.5, 0.6) is 11.5 Å². The summed E-state index contributed by atoms with van der Waals surface area (Å²) >= 11 is 2.52. The van der Waals surface area contributed by atoms with Crippen molar-refractivity contribution in [3.63, 3.8) is 0 Å². The Labute approximate surface area is 497 Å². The van der Waals surface area contributed by atoms with E-state index in [9.17, 15) is 0 Å². The predicted octanol–water partition coefficient (Wildman–Crippen LogP) is 20.1. The molecule has 0 unspecified atom stereocenters. The van der Waals surface area contributed by atoms with Crippen molar-refractivity contribution in [2.45, 2.75) is 136 Å². The van der Waals surface area contributed by atoms with Crippen LogP contribution in [0.3, 0.4) is 0 Å². The Morgan fingerprint density at radius 2 is 0.841 bits per heavy atom. The molecule has 418 valence electrons. The minimum atomic E-state index is -0.789. The first-order valence-electron chi connectivity index (χ1n) is 29.0. The van der Waals surface area contributed by atoms with E-state index in [4.69, 9.17) is 9.72 Å². The zero-order valence-corrected chi connectivity index (χ0v) is 52.7. The van der Waals surface area contributed by atoms with Crippen molar-refractivity contribution < 1.29 is 24.1 Å². The van der Waals surface area contributed by atoms with Gasteiger partial charge >= 0.3 is 286 Å². The van der Waals surface area contributed by atoms with E-state index in [2.05, 4.69) is 330 Å². The molecule has 0 saturated carbocycles. The number of anilines is 6. The monoisotopic (exact) mass is 1260 g/mol. The molecule has 2 aliphatic heterocycles. The van der Waals surface area contributed by atoms with Gasteiger partial charge in [0, 0.05) is 11.9 Å². The Morgan fingerprint density at radius 3 is 1.43 bits per heavy atom. The van der Waals surface area contributed by atoms with Gasteiger partial charge in [-0.2, -0.15) is 0 Å². The van der Waals surface area contributed by atoms with Crippen molar-refractivity contribution >= 4 is 45.3 Å². The Kier molecular flexibility index (Phi) is 13.1. The van der Waals surface area contributed by atoms with Crippen LogP contribution in [-0.2, 0) is 51.8 Å². The van der Waals surface area contributed by atoms with Crippen LogP contribution in [0.4, 0.5) is 34.3 Å². The van der Waals surface area contributed by atoms with Crippen molar-refractivity contribution in [3.05, 3.63) is 248 Å². The number of ether oxygens (including phenoxy) is 1. The normalized spacial score (nSPS) is 14.2. The average Bonchev–Trinajstić information content (AvgIpc) is 0.818. The summed E-state index contributed by atoms with van der Waals surface area (Å²) in [5, 5.41) is 0. The summed E-state index contributed by atoms with van der Waals surface area (Å²) in [6.07, 6.45) is 1.98. The summed E-state index contributed by atoms with van der Waals surface area (Å²) in [4.78, 5) is 10.1. The third-order valence-corrected chi connectivity index (χ3v) is 18.0. The maximum absolute atomic E-state index is 7.25. The standard InChI is InChI=1S/C75H77N5O.Pt/c1-70(2,3)49-32-36-64-61(43-49)75(62-44-50(71(4,5)6)33-37-65(62)79(64)54-24-17-16-18-25-54)59-28-19-20-29-63(59)80(69-45-51(38-39-76-69)72(7,8)9)68-47-58(34-35-60(68)75)81-57-27-23-26-55(46-57)77-48-78(67-31-22-21-30-66(67)77)56-41-52(73(10,11)12)40-53(42-56)74(13,14)15;/h16-47H,1-15H3;. The van der Waals surface area contributed by atoms with E-state index in [0.717, 1.165) is 77.5 Å². The summed E-state index contributed by atoms with van der Waals surface area (Å²) in [5.41, 5.74) is 19.9. The molecule has 0 bridgehead atoms. The van der Waals surface area contributed by atoms with Crippen LogP contribution in [0.1, 0.15) is 154 Å². The molecule has 7 heteroatoms. The molecule has 0 aliphatic carbocycles. The van der Waals surface area contributed by atoms with E-state index in [1.54, 1.807) is 0 Å². The first-order chi connectivity index (χ1) is 38.7. The number of rotatable bonds is 6. The van der Waals surface area contributed by atoms with Crippen molar-refractivity contribution in [1.82, 2.24) is 14.1 Å². The fraction of sp³-hybridized carbons (Fsp3) is 0.280. The molecule has 0 amide bonds. The number of fused-ring (bicyclic) bond motifs is 9. The fourth-order valence-electron chi connectivity index (χ4n) is 12.3. The fourth-order valence-corrected chi connectivity index (χ4v) is 13.5. The van der Waals surface area contributed by atoms with Crippen molar-refractivity contribution in [3.8, 4) is 22.9 Å². The maximum atomic E-state index is 7.25. The third kappa shape index (κ3) is 9.30. The van der Waals surface area contributed by atoms with Gasteiger partial charge in [0.2, 0.25) is 0 Å². The molecule has 82 heavy (non-hydrogen) atoms. The molecule has 0 radical (unpaired) electrons. The molecule has 2 aliphatic rings. The topological polar surface area (TPSA) is 38.5 Å². The molecule has 4 heterocycles. The van der Waals surface area contributed by atoms with E-state index in [-0.39, 0.29) is 27.1 Å². The van der Waals surface area contributed by atoms with Crippen molar-refractivity contribution in [2.75, 3.05) is 9.80 Å². The van der Waals surface area contributed by atoms with Gasteiger partial charge in [-0.15, -0.1) is 0 Å². The molecular weight excluding hydrogens is 1180 g/mol. The molecule has 12 rings (SSSR count). The van der Waals surface area contributed by atoms with Gasteiger partial charge in [0.25, 0.3) is 0 Å². The van der Waals surface area contributed by atoms with Gasteiger partial charge in [0.1, 0.15) is 0 Å². The predicted molar refractivity (Wildman–Crippen MR) is 338 cm³/mol. The first kappa shape index (κ1) is 55.0. The number of aromatic nitrogens is 3. The first-order valence-corrected chi connectivity index (χ1v) is 30.1. The Hall–Kier alpha value is -7.53. The van der Waals surface area contributed by atoms with E-state index in [1.165, 1.54) is 44.5 Å². The van der Waals surface area contributed by atoms with E-state index < -0.39 is 5.41 Å². The van der Waals surface area contributed by atoms with Gasteiger partial charge < -0.3 is 4.90 Å². The van der Waals surface area contributed by atoms with Crippen LogP contribution < -0.4 is 14.5 Å².